The number of carbonyl (C=O) groups excluding carboxylic acids is 2. The maximum atomic E-state index is 12.4. The highest BCUT2D eigenvalue weighted by atomic mass is 16.5. The summed E-state index contributed by atoms with van der Waals surface area (Å²) in [7, 11) is 1.54. The first kappa shape index (κ1) is 27.1. The predicted molar refractivity (Wildman–Crippen MR) is 146 cm³/mol. The summed E-state index contributed by atoms with van der Waals surface area (Å²) < 4.78 is 5.78. The Morgan fingerprint density at radius 2 is 2.00 bits per heavy atom. The number of hydrogen-bond acceptors (Lipinski definition) is 7. The van der Waals surface area contributed by atoms with Gasteiger partial charge in [-0.3, -0.25) is 19.6 Å². The molecule has 0 bridgehead atoms. The van der Waals surface area contributed by atoms with Gasteiger partial charge < -0.3 is 26.2 Å². The zero-order chi connectivity index (χ0) is 27.4. The highest BCUT2D eigenvalue weighted by Gasteiger charge is 2.38. The highest BCUT2D eigenvalue weighted by molar-refractivity contribution is 5.97. The van der Waals surface area contributed by atoms with Crippen LogP contribution in [0.5, 0.6) is 5.75 Å². The van der Waals surface area contributed by atoms with Crippen molar-refractivity contribution >= 4 is 17.5 Å². The molecule has 2 fully saturated rings. The molecule has 38 heavy (non-hydrogen) atoms. The summed E-state index contributed by atoms with van der Waals surface area (Å²) in [5.41, 5.74) is 8.90. The zero-order valence-corrected chi connectivity index (χ0v) is 22.1. The molecule has 0 atom stereocenters. The van der Waals surface area contributed by atoms with Crippen molar-refractivity contribution in [1.82, 2.24) is 15.3 Å². The van der Waals surface area contributed by atoms with Crippen molar-refractivity contribution in [2.45, 2.75) is 58.0 Å². The van der Waals surface area contributed by atoms with Gasteiger partial charge >= 0.3 is 0 Å². The van der Waals surface area contributed by atoms with Crippen LogP contribution in [0.15, 0.2) is 60.2 Å². The van der Waals surface area contributed by atoms with Crippen LogP contribution in [0.1, 0.15) is 56.7 Å². The fourth-order valence-corrected chi connectivity index (χ4v) is 4.34. The number of benzene rings is 1. The van der Waals surface area contributed by atoms with Crippen molar-refractivity contribution < 1.29 is 19.4 Å². The van der Waals surface area contributed by atoms with Gasteiger partial charge in [-0.25, -0.2) is 0 Å². The van der Waals surface area contributed by atoms with Crippen molar-refractivity contribution in [3.63, 3.8) is 0 Å². The van der Waals surface area contributed by atoms with Crippen LogP contribution in [-0.4, -0.2) is 34.0 Å². The van der Waals surface area contributed by atoms with E-state index < -0.39 is 11.5 Å². The first-order valence-corrected chi connectivity index (χ1v) is 12.9. The van der Waals surface area contributed by atoms with E-state index in [1.807, 2.05) is 32.1 Å². The summed E-state index contributed by atoms with van der Waals surface area (Å²) in [6, 6.07) is 3.80. The molecule has 200 valence electrons. The smallest absolute Gasteiger partial charge is 0.250 e. The summed E-state index contributed by atoms with van der Waals surface area (Å²) in [6.07, 6.45) is 11.5. The quantitative estimate of drug-likeness (QED) is 0.261. The number of nitrogens with one attached hydrogen (secondary N) is 2. The number of ether oxygens (including phenoxy) is 1. The Hall–Kier alpha value is -3.98. The van der Waals surface area contributed by atoms with E-state index in [1.165, 1.54) is 0 Å². The van der Waals surface area contributed by atoms with E-state index in [0.717, 1.165) is 24.8 Å². The zero-order valence-electron chi connectivity index (χ0n) is 22.1. The van der Waals surface area contributed by atoms with E-state index >= 15 is 0 Å². The molecule has 4 rings (SSSR count). The number of rotatable bonds is 11. The number of primary amides is 1. The van der Waals surface area contributed by atoms with Crippen LogP contribution in [-0.2, 0) is 15.2 Å². The molecule has 0 spiro atoms. The van der Waals surface area contributed by atoms with Crippen LogP contribution in [0.2, 0.25) is 0 Å². The first-order valence-electron chi connectivity index (χ1n) is 12.9. The maximum Gasteiger partial charge on any atom is 0.250 e. The minimum Gasteiger partial charge on any atom is -0.494 e. The third kappa shape index (κ3) is 5.94. The Morgan fingerprint density at radius 3 is 2.53 bits per heavy atom. The lowest BCUT2D eigenvalue weighted by Crippen LogP contribution is -2.34. The number of anilines is 1. The third-order valence-electron chi connectivity index (χ3n) is 6.85. The number of amides is 2. The molecule has 5 N–H and O–H groups in total. The van der Waals surface area contributed by atoms with Crippen LogP contribution in [0.25, 0.3) is 11.3 Å². The van der Waals surface area contributed by atoms with Crippen LogP contribution in [0.4, 0.5) is 5.69 Å². The van der Waals surface area contributed by atoms with Gasteiger partial charge in [0.2, 0.25) is 11.8 Å². The van der Waals surface area contributed by atoms with E-state index in [-0.39, 0.29) is 17.4 Å². The predicted octanol–water partition coefficient (Wildman–Crippen LogP) is 3.99. The van der Waals surface area contributed by atoms with E-state index in [9.17, 15) is 14.7 Å². The average Bonchev–Trinajstić information content (AvgIpc) is 3.72. The lowest BCUT2D eigenvalue weighted by Gasteiger charge is -2.35. The van der Waals surface area contributed by atoms with Gasteiger partial charge in [0, 0.05) is 17.2 Å². The second-order valence-corrected chi connectivity index (χ2v) is 9.92. The monoisotopic (exact) mass is 517 g/mol. The normalized spacial score (nSPS) is 16.8. The number of nitrogens with two attached hydrogens (primary N) is 1. The molecule has 2 aliphatic rings. The lowest BCUT2D eigenvalue weighted by molar-refractivity contribution is -0.121. The SMILES string of the molecule is C=C(C(N)=O)/C(=C\C(=C\CC)NC(=O)C1CC1)Nc1cc(C)cc(-c2cnc(C3(O)CCC3)cn2)c1OC. The molecule has 2 aromatic rings. The maximum absolute atomic E-state index is 12.4. The van der Waals surface area contributed by atoms with Gasteiger partial charge in [0.1, 0.15) is 5.60 Å². The number of aromatic nitrogens is 2. The topological polar surface area (TPSA) is 139 Å². The Bertz CT molecular complexity index is 1300. The van der Waals surface area contributed by atoms with Gasteiger partial charge in [0.05, 0.1) is 47.8 Å². The molecule has 0 unspecified atom stereocenters. The van der Waals surface area contributed by atoms with Crippen LogP contribution in [0, 0.1) is 12.8 Å². The Labute approximate surface area is 222 Å². The van der Waals surface area contributed by atoms with Crippen LogP contribution < -0.4 is 21.1 Å². The molecule has 1 aromatic heterocycles. The van der Waals surface area contributed by atoms with E-state index in [0.29, 0.717) is 59.0 Å². The minimum absolute atomic E-state index is 0.0244. The Morgan fingerprint density at radius 1 is 1.26 bits per heavy atom. The molecule has 2 aliphatic carbocycles. The Kier molecular flexibility index (Phi) is 7.97. The number of aliphatic hydroxyl groups is 1. The highest BCUT2D eigenvalue weighted by Crippen LogP contribution is 2.41. The fourth-order valence-electron chi connectivity index (χ4n) is 4.34. The van der Waals surface area contributed by atoms with Gasteiger partial charge in [-0.2, -0.15) is 0 Å². The summed E-state index contributed by atoms with van der Waals surface area (Å²) in [5, 5.41) is 16.8. The number of allylic oxidation sites excluding steroid dienone is 2. The largest absolute Gasteiger partial charge is 0.494 e. The molecule has 9 heteroatoms. The summed E-state index contributed by atoms with van der Waals surface area (Å²) in [5.74, 6) is -0.244. The molecule has 2 saturated carbocycles. The van der Waals surface area contributed by atoms with E-state index in [2.05, 4.69) is 27.2 Å². The standard InChI is InChI=1S/C29H35N5O4/c1-5-7-20(33-28(36)19-8-9-19)14-22(18(3)27(30)35)34-23-13-17(2)12-21(26(23)38-4)24-15-32-25(16-31-24)29(37)10-6-11-29/h7,12-16,19,34,37H,3,5-6,8-11H2,1-2,4H3,(H2,30,35)(H,33,36)/b20-7-,22-14+. The van der Waals surface area contributed by atoms with Crippen LogP contribution >= 0.6 is 0 Å². The molecule has 1 heterocycles. The van der Waals surface area contributed by atoms with Gasteiger partial charge in [-0.15, -0.1) is 0 Å². The first-order chi connectivity index (χ1) is 18.1. The number of carbonyl (C=O) groups is 2. The molecular weight excluding hydrogens is 482 g/mol. The van der Waals surface area contributed by atoms with E-state index in [4.69, 9.17) is 10.5 Å². The second kappa shape index (κ2) is 11.2. The van der Waals surface area contributed by atoms with Gasteiger partial charge in [-0.05, 0) is 69.2 Å². The summed E-state index contributed by atoms with van der Waals surface area (Å²) >= 11 is 0. The van der Waals surface area contributed by atoms with Gasteiger partial charge in [0.15, 0.2) is 5.75 Å². The number of aryl methyl sites for hydroxylation is 1. The molecule has 2 amide bonds. The van der Waals surface area contributed by atoms with Gasteiger partial charge in [-0.1, -0.05) is 19.6 Å². The summed E-state index contributed by atoms with van der Waals surface area (Å²) in [4.78, 5) is 33.6. The van der Waals surface area contributed by atoms with Gasteiger partial charge in [0.25, 0.3) is 0 Å². The number of nitrogens with zero attached hydrogens (tertiary/aromatic N) is 2. The minimum atomic E-state index is -0.900. The molecule has 0 saturated heterocycles. The third-order valence-corrected chi connectivity index (χ3v) is 6.85. The van der Waals surface area contributed by atoms with Crippen molar-refractivity contribution in [3.8, 4) is 17.0 Å². The summed E-state index contributed by atoms with van der Waals surface area (Å²) in [6.45, 7) is 7.75. The molecule has 0 radical (unpaired) electrons. The molecule has 0 aliphatic heterocycles. The molecule has 9 nitrogen and oxygen atoms in total. The van der Waals surface area contributed by atoms with Crippen molar-refractivity contribution in [1.29, 1.82) is 0 Å². The van der Waals surface area contributed by atoms with Crippen molar-refractivity contribution in [3.05, 3.63) is 71.5 Å². The second-order valence-electron chi connectivity index (χ2n) is 9.92. The molecule has 1 aromatic carbocycles. The lowest BCUT2D eigenvalue weighted by atomic mass is 9.78. The van der Waals surface area contributed by atoms with Crippen LogP contribution in [0.3, 0.4) is 0 Å². The fraction of sp³-hybridized carbons (Fsp3) is 0.379. The Balaban J connectivity index is 1.70. The number of hydrogen-bond donors (Lipinski definition) is 4. The van der Waals surface area contributed by atoms with Crippen molar-refractivity contribution in [2.75, 3.05) is 12.4 Å². The van der Waals surface area contributed by atoms with Crippen molar-refractivity contribution in [2.24, 2.45) is 11.7 Å². The molecular formula is C29H35N5O4. The average molecular weight is 518 g/mol. The van der Waals surface area contributed by atoms with E-state index in [1.54, 1.807) is 25.6 Å². The number of methoxy groups -OCH3 is 1.